The summed E-state index contributed by atoms with van der Waals surface area (Å²) in [4.78, 5) is 0.821. The van der Waals surface area contributed by atoms with E-state index in [1.54, 1.807) is 25.2 Å². The molecule has 108 valence electrons. The third kappa shape index (κ3) is 2.41. The van der Waals surface area contributed by atoms with Crippen molar-refractivity contribution in [3.05, 3.63) is 45.5 Å². The van der Waals surface area contributed by atoms with Gasteiger partial charge in [-0.3, -0.25) is 4.68 Å². The summed E-state index contributed by atoms with van der Waals surface area (Å²) in [6, 6.07) is 8.41. The molecule has 0 atom stereocenters. The van der Waals surface area contributed by atoms with Crippen molar-refractivity contribution in [2.75, 3.05) is 5.73 Å². The average molecular weight is 342 g/mol. The number of benzene rings is 1. The normalized spacial score (nSPS) is 11.0. The molecule has 2 N–H and O–H groups in total. The first-order valence-electron chi connectivity index (χ1n) is 6.01. The number of hydrogen-bond acceptors (Lipinski definition) is 3. The van der Waals surface area contributed by atoms with Gasteiger partial charge in [-0.25, -0.2) is 4.39 Å². The van der Waals surface area contributed by atoms with Gasteiger partial charge in [0.15, 0.2) is 0 Å². The number of rotatable bonds is 2. The van der Waals surface area contributed by atoms with E-state index in [-0.39, 0.29) is 5.02 Å². The number of halogens is 3. The van der Waals surface area contributed by atoms with Crippen molar-refractivity contribution in [2.45, 2.75) is 0 Å². The van der Waals surface area contributed by atoms with Crippen LogP contribution in [0.1, 0.15) is 0 Å². The van der Waals surface area contributed by atoms with Crippen LogP contribution >= 0.6 is 34.5 Å². The van der Waals surface area contributed by atoms with E-state index in [2.05, 4.69) is 5.10 Å². The van der Waals surface area contributed by atoms with Crippen LogP contribution in [0.25, 0.3) is 21.7 Å². The minimum Gasteiger partial charge on any atom is -0.383 e. The lowest BCUT2D eigenvalue weighted by atomic mass is 10.0. The number of aromatic nitrogens is 2. The van der Waals surface area contributed by atoms with Crippen molar-refractivity contribution in [3.8, 4) is 21.7 Å². The van der Waals surface area contributed by atoms with Gasteiger partial charge in [0.2, 0.25) is 0 Å². The molecule has 0 aliphatic heterocycles. The van der Waals surface area contributed by atoms with Gasteiger partial charge in [0.05, 0.1) is 19.8 Å². The molecule has 0 aliphatic carbocycles. The van der Waals surface area contributed by atoms with E-state index in [1.807, 2.05) is 6.07 Å². The fourth-order valence-electron chi connectivity index (χ4n) is 2.11. The Hall–Kier alpha value is -1.56. The number of thiophene rings is 1. The minimum absolute atomic E-state index is 0.0471. The first-order chi connectivity index (χ1) is 9.99. The van der Waals surface area contributed by atoms with Gasteiger partial charge in [0.1, 0.15) is 17.3 Å². The molecule has 0 saturated carbocycles. The van der Waals surface area contributed by atoms with Crippen molar-refractivity contribution >= 4 is 40.4 Å². The molecule has 21 heavy (non-hydrogen) atoms. The van der Waals surface area contributed by atoms with E-state index >= 15 is 0 Å². The molecule has 0 unspecified atom stereocenters. The van der Waals surface area contributed by atoms with Gasteiger partial charge in [0, 0.05) is 12.6 Å². The SMILES string of the molecule is Cn1nc(-c2ccc(Cl)s2)c(-c2cccc(Cl)c2F)c1N. The fourth-order valence-corrected chi connectivity index (χ4v) is 3.32. The number of nitrogens with zero attached hydrogens (tertiary/aromatic N) is 2. The number of hydrogen-bond donors (Lipinski definition) is 1. The molecule has 7 heteroatoms. The molecule has 2 aromatic heterocycles. The van der Waals surface area contributed by atoms with Crippen LogP contribution in [-0.2, 0) is 7.05 Å². The summed E-state index contributed by atoms with van der Waals surface area (Å²) >= 11 is 13.2. The van der Waals surface area contributed by atoms with Gasteiger partial charge in [-0.15, -0.1) is 11.3 Å². The predicted molar refractivity (Wildman–Crippen MR) is 86.3 cm³/mol. The van der Waals surface area contributed by atoms with Crippen molar-refractivity contribution in [2.24, 2.45) is 7.05 Å². The highest BCUT2D eigenvalue weighted by Crippen LogP contribution is 2.41. The van der Waals surface area contributed by atoms with Crippen molar-refractivity contribution < 1.29 is 4.39 Å². The third-order valence-corrected chi connectivity index (χ3v) is 4.65. The zero-order valence-electron chi connectivity index (χ0n) is 10.9. The molecule has 0 amide bonds. The van der Waals surface area contributed by atoms with Crippen LogP contribution in [0.5, 0.6) is 0 Å². The van der Waals surface area contributed by atoms with Crippen LogP contribution in [0, 0.1) is 5.82 Å². The van der Waals surface area contributed by atoms with Gasteiger partial charge in [0.25, 0.3) is 0 Å². The Kier molecular flexibility index (Phi) is 3.65. The van der Waals surface area contributed by atoms with Gasteiger partial charge in [-0.2, -0.15) is 5.10 Å². The molecule has 3 nitrogen and oxygen atoms in total. The lowest BCUT2D eigenvalue weighted by molar-refractivity contribution is 0.632. The lowest BCUT2D eigenvalue weighted by Gasteiger charge is -2.06. The highest BCUT2D eigenvalue weighted by Gasteiger charge is 2.22. The lowest BCUT2D eigenvalue weighted by Crippen LogP contribution is -1.98. The van der Waals surface area contributed by atoms with Crippen LogP contribution in [0.2, 0.25) is 9.36 Å². The summed E-state index contributed by atoms with van der Waals surface area (Å²) in [6.07, 6.45) is 0. The summed E-state index contributed by atoms with van der Waals surface area (Å²) in [7, 11) is 1.71. The van der Waals surface area contributed by atoms with E-state index < -0.39 is 5.82 Å². The Morgan fingerprint density at radius 3 is 2.67 bits per heavy atom. The van der Waals surface area contributed by atoms with E-state index in [4.69, 9.17) is 28.9 Å². The molecule has 2 heterocycles. The summed E-state index contributed by atoms with van der Waals surface area (Å²) in [5, 5.41) is 4.42. The van der Waals surface area contributed by atoms with E-state index in [0.29, 0.717) is 27.0 Å². The largest absolute Gasteiger partial charge is 0.383 e. The Balaban J connectivity index is 2.29. The maximum atomic E-state index is 14.3. The highest BCUT2D eigenvalue weighted by atomic mass is 35.5. The summed E-state index contributed by atoms with van der Waals surface area (Å²) in [5.74, 6) is -0.140. The number of nitrogen functional groups attached to an aromatic ring is 1. The standard InChI is InChI=1S/C14H10Cl2FN3S/c1-20-14(18)11(7-3-2-4-8(15)12(7)17)13(19-20)9-5-6-10(16)21-9/h2-6H,18H2,1H3. The molecule has 0 saturated heterocycles. The summed E-state index contributed by atoms with van der Waals surface area (Å²) < 4.78 is 16.5. The quantitative estimate of drug-likeness (QED) is 0.724. The third-order valence-electron chi connectivity index (χ3n) is 3.12. The van der Waals surface area contributed by atoms with Crippen LogP contribution in [0.3, 0.4) is 0 Å². The Bertz CT molecular complexity index is 826. The van der Waals surface area contributed by atoms with Crippen molar-refractivity contribution in [1.29, 1.82) is 0 Å². The molecule has 0 fully saturated rings. The predicted octanol–water partition coefficient (Wildman–Crippen LogP) is 4.84. The van der Waals surface area contributed by atoms with E-state index in [0.717, 1.165) is 4.88 Å². The maximum Gasteiger partial charge on any atom is 0.149 e. The zero-order valence-corrected chi connectivity index (χ0v) is 13.2. The average Bonchev–Trinajstić information content (AvgIpc) is 2.99. The fraction of sp³-hybridized carbons (Fsp3) is 0.0714. The molecule has 0 aliphatic rings. The van der Waals surface area contributed by atoms with Gasteiger partial charge >= 0.3 is 0 Å². The van der Waals surface area contributed by atoms with Crippen LogP contribution in [0.15, 0.2) is 30.3 Å². The van der Waals surface area contributed by atoms with Crippen LogP contribution < -0.4 is 5.73 Å². The Morgan fingerprint density at radius 1 is 1.24 bits per heavy atom. The summed E-state index contributed by atoms with van der Waals surface area (Å²) in [6.45, 7) is 0. The topological polar surface area (TPSA) is 43.8 Å². The molecular weight excluding hydrogens is 332 g/mol. The van der Waals surface area contributed by atoms with Crippen LogP contribution in [-0.4, -0.2) is 9.78 Å². The second-order valence-electron chi connectivity index (χ2n) is 4.44. The van der Waals surface area contributed by atoms with Gasteiger partial charge in [-0.1, -0.05) is 35.3 Å². The summed E-state index contributed by atoms with van der Waals surface area (Å²) in [5.41, 5.74) is 7.50. The first kappa shape index (κ1) is 14.4. The molecule has 0 bridgehead atoms. The van der Waals surface area contributed by atoms with E-state index in [1.165, 1.54) is 22.1 Å². The monoisotopic (exact) mass is 341 g/mol. The smallest absolute Gasteiger partial charge is 0.149 e. The van der Waals surface area contributed by atoms with Gasteiger partial charge in [-0.05, 0) is 18.2 Å². The molecular formula is C14H10Cl2FN3S. The van der Waals surface area contributed by atoms with E-state index in [9.17, 15) is 4.39 Å². The highest BCUT2D eigenvalue weighted by molar-refractivity contribution is 7.19. The zero-order chi connectivity index (χ0) is 15.1. The Labute approximate surface area is 134 Å². The number of nitrogens with two attached hydrogens (primary N) is 1. The molecule has 3 rings (SSSR count). The molecule has 1 aromatic carbocycles. The molecule has 3 aromatic rings. The maximum absolute atomic E-state index is 14.3. The minimum atomic E-state index is -0.511. The van der Waals surface area contributed by atoms with Crippen molar-refractivity contribution in [3.63, 3.8) is 0 Å². The second-order valence-corrected chi connectivity index (χ2v) is 6.56. The van der Waals surface area contributed by atoms with Crippen molar-refractivity contribution in [1.82, 2.24) is 9.78 Å². The van der Waals surface area contributed by atoms with Gasteiger partial charge < -0.3 is 5.73 Å². The number of aryl methyl sites for hydroxylation is 1. The molecule has 0 radical (unpaired) electrons. The number of anilines is 1. The first-order valence-corrected chi connectivity index (χ1v) is 7.59. The Morgan fingerprint density at radius 2 is 2.00 bits per heavy atom. The molecule has 0 spiro atoms. The van der Waals surface area contributed by atoms with Crippen LogP contribution in [0.4, 0.5) is 10.2 Å². The second kappa shape index (κ2) is 5.33.